The molecule has 0 unspecified atom stereocenters. The molecule has 1 aliphatic rings. The lowest BCUT2D eigenvalue weighted by Gasteiger charge is -2.35. The van der Waals surface area contributed by atoms with Crippen molar-refractivity contribution in [3.63, 3.8) is 0 Å². The van der Waals surface area contributed by atoms with Gasteiger partial charge in [0.2, 0.25) is 0 Å². The molecule has 1 aromatic heterocycles. The number of nitrogens with one attached hydrogen (secondary N) is 1. The lowest BCUT2D eigenvalue weighted by Crippen LogP contribution is -2.46. The number of nitrogens with zero attached hydrogens (tertiary/aromatic N) is 2. The largest absolute Gasteiger partial charge is 0.422 e. The van der Waals surface area contributed by atoms with Crippen LogP contribution in [-0.4, -0.2) is 43.5 Å². The number of hydrogen-bond donors (Lipinski definition) is 1. The van der Waals surface area contributed by atoms with Crippen LogP contribution in [0.4, 0.5) is 11.4 Å². The number of amides is 1. The molecule has 6 nitrogen and oxygen atoms in total. The van der Waals surface area contributed by atoms with E-state index in [2.05, 4.69) is 22.0 Å². The summed E-state index contributed by atoms with van der Waals surface area (Å²) in [5.74, 6) is -0.469. The van der Waals surface area contributed by atoms with Crippen LogP contribution in [0, 0.1) is 0 Å². The summed E-state index contributed by atoms with van der Waals surface area (Å²) in [6.45, 7) is 7.39. The highest BCUT2D eigenvalue weighted by Crippen LogP contribution is 2.20. The summed E-state index contributed by atoms with van der Waals surface area (Å²) in [6.07, 6.45) is 0. The van der Waals surface area contributed by atoms with Gasteiger partial charge in [0.05, 0.1) is 0 Å². The van der Waals surface area contributed by atoms with Crippen molar-refractivity contribution in [3.8, 4) is 0 Å². The molecule has 144 valence electrons. The average molecular weight is 377 g/mol. The third-order valence-corrected chi connectivity index (χ3v) is 5.20. The van der Waals surface area contributed by atoms with Gasteiger partial charge >= 0.3 is 5.63 Å². The Morgan fingerprint density at radius 3 is 2.46 bits per heavy atom. The first-order valence-corrected chi connectivity index (χ1v) is 9.55. The van der Waals surface area contributed by atoms with E-state index in [-0.39, 0.29) is 5.56 Å². The first-order chi connectivity index (χ1) is 13.6. The first-order valence-electron chi connectivity index (χ1n) is 9.55. The molecule has 0 radical (unpaired) electrons. The topological polar surface area (TPSA) is 65.8 Å². The fourth-order valence-electron chi connectivity index (χ4n) is 3.50. The molecular formula is C22H23N3O3. The predicted molar refractivity (Wildman–Crippen MR) is 111 cm³/mol. The maximum atomic E-state index is 12.5. The molecular weight excluding hydrogens is 354 g/mol. The van der Waals surface area contributed by atoms with Gasteiger partial charge in [-0.25, -0.2) is 4.79 Å². The highest BCUT2D eigenvalue weighted by Gasteiger charge is 2.17. The Bertz CT molecular complexity index is 1030. The minimum Gasteiger partial charge on any atom is -0.422 e. The number of carbonyl (C=O) groups is 1. The normalized spacial score (nSPS) is 15.0. The van der Waals surface area contributed by atoms with Crippen molar-refractivity contribution in [2.45, 2.75) is 6.92 Å². The number of fused-ring (bicyclic) bond motifs is 1. The molecule has 2 heterocycles. The molecule has 0 bridgehead atoms. The summed E-state index contributed by atoms with van der Waals surface area (Å²) in [7, 11) is 0. The molecule has 4 rings (SSSR count). The van der Waals surface area contributed by atoms with Crippen LogP contribution in [0.2, 0.25) is 0 Å². The van der Waals surface area contributed by atoms with E-state index in [1.165, 1.54) is 0 Å². The van der Waals surface area contributed by atoms with Gasteiger partial charge in [0.15, 0.2) is 0 Å². The van der Waals surface area contributed by atoms with Crippen LogP contribution >= 0.6 is 0 Å². The molecule has 1 aliphatic heterocycles. The molecule has 1 saturated heterocycles. The van der Waals surface area contributed by atoms with Crippen LogP contribution in [-0.2, 0) is 0 Å². The second-order valence-corrected chi connectivity index (χ2v) is 6.91. The molecule has 0 aliphatic carbocycles. The monoisotopic (exact) mass is 377 g/mol. The summed E-state index contributed by atoms with van der Waals surface area (Å²) in [5, 5.41) is 3.50. The lowest BCUT2D eigenvalue weighted by atomic mass is 10.1. The van der Waals surface area contributed by atoms with Gasteiger partial charge in [-0.1, -0.05) is 25.1 Å². The van der Waals surface area contributed by atoms with Gasteiger partial charge in [-0.2, -0.15) is 0 Å². The number of para-hydroxylation sites is 1. The number of hydrogen-bond acceptors (Lipinski definition) is 5. The van der Waals surface area contributed by atoms with E-state index in [1.54, 1.807) is 18.2 Å². The minimum atomic E-state index is -0.637. The van der Waals surface area contributed by atoms with Crippen molar-refractivity contribution in [3.05, 3.63) is 70.6 Å². The molecule has 0 saturated carbocycles. The Labute approximate surface area is 163 Å². The molecule has 1 N–H and O–H groups in total. The summed E-state index contributed by atoms with van der Waals surface area (Å²) in [6, 6.07) is 16.4. The number of likely N-dealkylation sites (N-methyl/N-ethyl adjacent to an activating group) is 1. The van der Waals surface area contributed by atoms with E-state index in [0.29, 0.717) is 16.7 Å². The van der Waals surface area contributed by atoms with E-state index in [4.69, 9.17) is 4.42 Å². The van der Waals surface area contributed by atoms with Crippen LogP contribution in [0.15, 0.2) is 63.8 Å². The Kier molecular flexibility index (Phi) is 5.12. The maximum Gasteiger partial charge on any atom is 0.349 e. The molecule has 28 heavy (non-hydrogen) atoms. The summed E-state index contributed by atoms with van der Waals surface area (Å²) in [5.41, 5.74) is 1.61. The predicted octanol–water partition coefficient (Wildman–Crippen LogP) is 3.19. The molecule has 1 amide bonds. The maximum absolute atomic E-state index is 12.5. The highest BCUT2D eigenvalue weighted by molar-refractivity contribution is 6.05. The van der Waals surface area contributed by atoms with E-state index in [1.807, 2.05) is 36.4 Å². The molecule has 3 aromatic rings. The Morgan fingerprint density at radius 2 is 1.75 bits per heavy atom. The summed E-state index contributed by atoms with van der Waals surface area (Å²) >= 11 is 0. The molecule has 1 fully saturated rings. The number of anilines is 2. The number of benzene rings is 2. The van der Waals surface area contributed by atoms with Crippen molar-refractivity contribution in [1.29, 1.82) is 0 Å². The average Bonchev–Trinajstić information content (AvgIpc) is 2.74. The lowest BCUT2D eigenvalue weighted by molar-refractivity contribution is 0.102. The third-order valence-electron chi connectivity index (χ3n) is 5.20. The number of rotatable bonds is 4. The minimum absolute atomic E-state index is 0.00142. The van der Waals surface area contributed by atoms with E-state index in [9.17, 15) is 9.59 Å². The van der Waals surface area contributed by atoms with Crippen molar-refractivity contribution >= 4 is 28.3 Å². The van der Waals surface area contributed by atoms with Gasteiger partial charge in [-0.15, -0.1) is 0 Å². The van der Waals surface area contributed by atoms with E-state index < -0.39 is 11.5 Å². The third kappa shape index (κ3) is 3.77. The fourth-order valence-corrected chi connectivity index (χ4v) is 3.50. The Balaban J connectivity index is 1.47. The second kappa shape index (κ2) is 7.86. The van der Waals surface area contributed by atoms with Gasteiger partial charge < -0.3 is 19.5 Å². The van der Waals surface area contributed by atoms with E-state index >= 15 is 0 Å². The van der Waals surface area contributed by atoms with Crippen LogP contribution in [0.3, 0.4) is 0 Å². The fraction of sp³-hybridized carbons (Fsp3) is 0.273. The van der Waals surface area contributed by atoms with Crippen LogP contribution in [0.5, 0.6) is 0 Å². The zero-order chi connectivity index (χ0) is 19.5. The van der Waals surface area contributed by atoms with Crippen LogP contribution in [0.1, 0.15) is 17.3 Å². The molecule has 0 atom stereocenters. The molecule has 2 aromatic carbocycles. The smallest absolute Gasteiger partial charge is 0.349 e. The van der Waals surface area contributed by atoms with Gasteiger partial charge in [-0.05, 0) is 42.9 Å². The SMILES string of the molecule is CCN1CCN(c2ccc(NC(=O)c3cc4ccccc4oc3=O)cc2)CC1. The van der Waals surface area contributed by atoms with Gasteiger partial charge in [0.1, 0.15) is 11.1 Å². The summed E-state index contributed by atoms with van der Waals surface area (Å²) < 4.78 is 5.24. The van der Waals surface area contributed by atoms with Crippen LogP contribution < -0.4 is 15.8 Å². The second-order valence-electron chi connectivity index (χ2n) is 6.91. The van der Waals surface area contributed by atoms with E-state index in [0.717, 1.165) is 38.4 Å². The first kappa shape index (κ1) is 18.3. The Morgan fingerprint density at radius 1 is 1.04 bits per heavy atom. The highest BCUT2D eigenvalue weighted by atomic mass is 16.4. The van der Waals surface area contributed by atoms with Gasteiger partial charge in [0.25, 0.3) is 5.91 Å². The van der Waals surface area contributed by atoms with Crippen LogP contribution in [0.25, 0.3) is 11.0 Å². The zero-order valence-corrected chi connectivity index (χ0v) is 15.9. The van der Waals surface area contributed by atoms with Crippen molar-refractivity contribution in [1.82, 2.24) is 4.90 Å². The molecule has 0 spiro atoms. The van der Waals surface area contributed by atoms with Crippen molar-refractivity contribution in [2.24, 2.45) is 0 Å². The number of piperazine rings is 1. The Hall–Kier alpha value is -3.12. The van der Waals surface area contributed by atoms with Crippen molar-refractivity contribution < 1.29 is 9.21 Å². The summed E-state index contributed by atoms with van der Waals surface area (Å²) in [4.78, 5) is 29.5. The molecule has 6 heteroatoms. The quantitative estimate of drug-likeness (QED) is 0.708. The zero-order valence-electron chi connectivity index (χ0n) is 15.9. The van der Waals surface area contributed by atoms with Gasteiger partial charge in [0, 0.05) is 42.9 Å². The van der Waals surface area contributed by atoms with Gasteiger partial charge in [-0.3, -0.25) is 4.79 Å². The van der Waals surface area contributed by atoms with Crippen molar-refractivity contribution in [2.75, 3.05) is 42.9 Å². The standard InChI is InChI=1S/C22H23N3O3/c1-2-24-11-13-25(14-12-24)18-9-7-17(8-10-18)23-21(26)19-15-16-5-3-4-6-20(16)28-22(19)27/h3-10,15H,2,11-14H2,1H3,(H,23,26). The number of carbonyl (C=O) groups excluding carboxylic acids is 1.